The lowest BCUT2D eigenvalue weighted by atomic mass is 10.1. The van der Waals surface area contributed by atoms with Crippen LogP contribution in [0.2, 0.25) is 0 Å². The molecule has 0 fully saturated rings. The molecule has 102 valence electrons. The smallest absolute Gasteiger partial charge is 0.371 e. The van der Waals surface area contributed by atoms with Crippen LogP contribution in [-0.4, -0.2) is 26.0 Å². The zero-order valence-corrected chi connectivity index (χ0v) is 12.3. The molecule has 0 radical (unpaired) electrons. The van der Waals surface area contributed by atoms with Crippen molar-refractivity contribution in [1.82, 2.24) is 4.72 Å². The summed E-state index contributed by atoms with van der Waals surface area (Å²) in [6.07, 6.45) is 0.843. The van der Waals surface area contributed by atoms with Crippen molar-refractivity contribution in [2.45, 2.75) is 25.2 Å². The van der Waals surface area contributed by atoms with E-state index in [1.165, 1.54) is 0 Å². The van der Waals surface area contributed by atoms with Crippen molar-refractivity contribution in [3.8, 4) is 0 Å². The van der Waals surface area contributed by atoms with Gasteiger partial charge in [0.1, 0.15) is 4.90 Å². The highest BCUT2D eigenvalue weighted by Gasteiger charge is 2.24. The third-order valence-corrected chi connectivity index (χ3v) is 4.75. The van der Waals surface area contributed by atoms with Crippen LogP contribution in [0.5, 0.6) is 0 Å². The molecule has 1 atom stereocenters. The van der Waals surface area contributed by atoms with Gasteiger partial charge in [-0.05, 0) is 21.8 Å². The van der Waals surface area contributed by atoms with Gasteiger partial charge in [-0.2, -0.15) is 0 Å². The fourth-order valence-corrected chi connectivity index (χ4v) is 3.22. The van der Waals surface area contributed by atoms with Gasteiger partial charge in [-0.25, -0.2) is 17.9 Å². The zero-order chi connectivity index (χ0) is 13.9. The highest BCUT2D eigenvalue weighted by molar-refractivity contribution is 9.10. The van der Waals surface area contributed by atoms with E-state index >= 15 is 0 Å². The Hall–Kier alpha value is -0.860. The Morgan fingerprint density at radius 3 is 2.67 bits per heavy atom. The largest absolute Gasteiger partial charge is 0.475 e. The van der Waals surface area contributed by atoms with E-state index in [0.717, 1.165) is 12.5 Å². The van der Waals surface area contributed by atoms with E-state index in [1.54, 1.807) is 0 Å². The molecule has 0 bridgehead atoms. The number of sulfonamides is 1. The number of halogens is 1. The lowest BCUT2D eigenvalue weighted by Gasteiger charge is -2.09. The third kappa shape index (κ3) is 3.56. The van der Waals surface area contributed by atoms with Crippen molar-refractivity contribution in [3.05, 3.63) is 16.5 Å². The maximum absolute atomic E-state index is 11.9. The number of carboxylic acids is 1. The van der Waals surface area contributed by atoms with Gasteiger partial charge in [0.25, 0.3) is 0 Å². The Labute approximate surface area is 114 Å². The highest BCUT2D eigenvalue weighted by atomic mass is 79.9. The van der Waals surface area contributed by atoms with Gasteiger partial charge in [0.15, 0.2) is 4.67 Å². The summed E-state index contributed by atoms with van der Waals surface area (Å²) in [6, 6.07) is 0.978. The Morgan fingerprint density at radius 1 is 1.61 bits per heavy atom. The van der Waals surface area contributed by atoms with Crippen molar-refractivity contribution in [2.75, 3.05) is 6.54 Å². The van der Waals surface area contributed by atoms with Crippen LogP contribution in [-0.2, 0) is 10.0 Å². The molecule has 6 nitrogen and oxygen atoms in total. The molecule has 2 N–H and O–H groups in total. The molecule has 0 saturated carbocycles. The summed E-state index contributed by atoms with van der Waals surface area (Å²) < 4.78 is 30.9. The number of furan rings is 1. The van der Waals surface area contributed by atoms with Gasteiger partial charge in [-0.15, -0.1) is 0 Å². The van der Waals surface area contributed by atoms with Crippen molar-refractivity contribution < 1.29 is 22.7 Å². The number of aromatic carboxylic acids is 1. The monoisotopic (exact) mass is 339 g/mol. The number of carboxylic acid groups (broad SMARTS) is 1. The van der Waals surface area contributed by atoms with Gasteiger partial charge in [0, 0.05) is 12.6 Å². The van der Waals surface area contributed by atoms with E-state index in [-0.39, 0.29) is 15.5 Å². The van der Waals surface area contributed by atoms with Crippen molar-refractivity contribution >= 4 is 31.9 Å². The fraction of sp³-hybridized carbons (Fsp3) is 0.500. The van der Waals surface area contributed by atoms with Crippen LogP contribution in [0.25, 0.3) is 0 Å². The molecule has 0 saturated heterocycles. The van der Waals surface area contributed by atoms with Crippen molar-refractivity contribution in [2.24, 2.45) is 5.92 Å². The average molecular weight is 340 g/mol. The Bertz CT molecular complexity index is 536. The molecule has 1 aromatic rings. The first-order valence-corrected chi connectivity index (χ1v) is 7.57. The number of hydrogen-bond acceptors (Lipinski definition) is 4. The molecule has 8 heteroatoms. The van der Waals surface area contributed by atoms with Crippen molar-refractivity contribution in [3.63, 3.8) is 0 Å². The molecule has 1 aromatic heterocycles. The highest BCUT2D eigenvalue weighted by Crippen LogP contribution is 2.26. The van der Waals surface area contributed by atoms with E-state index in [9.17, 15) is 13.2 Å². The summed E-state index contributed by atoms with van der Waals surface area (Å²) in [5.41, 5.74) is 0. The topological polar surface area (TPSA) is 96.6 Å². The summed E-state index contributed by atoms with van der Waals surface area (Å²) in [5.74, 6) is -1.55. The Kier molecular flexibility index (Phi) is 4.94. The standard InChI is InChI=1S/C10H14BrNO5S/c1-3-6(2)5-12-18(15,16)8-4-7(10(13)14)17-9(8)11/h4,6,12H,3,5H2,1-2H3,(H,13,14). The molecule has 0 aliphatic heterocycles. The van der Waals surface area contributed by atoms with Gasteiger partial charge in [0.05, 0.1) is 0 Å². The van der Waals surface area contributed by atoms with Gasteiger partial charge in [-0.3, -0.25) is 0 Å². The molecular formula is C10H14BrNO5S. The van der Waals surface area contributed by atoms with Crippen LogP contribution in [0.3, 0.4) is 0 Å². The quantitative estimate of drug-likeness (QED) is 0.826. The van der Waals surface area contributed by atoms with E-state index in [4.69, 9.17) is 9.52 Å². The minimum Gasteiger partial charge on any atom is -0.475 e. The lowest BCUT2D eigenvalue weighted by Crippen LogP contribution is -2.28. The average Bonchev–Trinajstić information content (AvgIpc) is 2.69. The van der Waals surface area contributed by atoms with Gasteiger partial charge in [0.2, 0.25) is 15.8 Å². The summed E-state index contributed by atoms with van der Waals surface area (Å²) in [6.45, 7) is 4.16. The lowest BCUT2D eigenvalue weighted by molar-refractivity contribution is 0.0661. The van der Waals surface area contributed by atoms with E-state index < -0.39 is 21.8 Å². The van der Waals surface area contributed by atoms with E-state index in [0.29, 0.717) is 6.54 Å². The first kappa shape index (κ1) is 15.2. The molecule has 0 amide bonds. The minimum absolute atomic E-state index is 0.114. The normalized spacial score (nSPS) is 13.5. The molecule has 0 aliphatic carbocycles. The summed E-state index contributed by atoms with van der Waals surface area (Å²) in [7, 11) is -3.76. The predicted octanol–water partition coefficient (Wildman–Crippen LogP) is 2.06. The summed E-state index contributed by atoms with van der Waals surface area (Å²) in [4.78, 5) is 10.5. The predicted molar refractivity (Wildman–Crippen MR) is 68.0 cm³/mol. The molecule has 1 unspecified atom stereocenters. The van der Waals surface area contributed by atoms with Gasteiger partial charge >= 0.3 is 5.97 Å². The second kappa shape index (κ2) is 5.85. The molecular weight excluding hydrogens is 326 g/mol. The molecule has 0 aliphatic rings. The molecule has 0 spiro atoms. The van der Waals surface area contributed by atoms with E-state index in [2.05, 4.69) is 20.7 Å². The Balaban J connectivity index is 2.95. The first-order valence-electron chi connectivity index (χ1n) is 5.30. The molecule has 1 rings (SSSR count). The minimum atomic E-state index is -3.76. The second-order valence-corrected chi connectivity index (χ2v) is 6.37. The van der Waals surface area contributed by atoms with Crippen LogP contribution in [0.1, 0.15) is 30.8 Å². The second-order valence-electron chi connectivity index (χ2n) is 3.92. The third-order valence-electron chi connectivity index (χ3n) is 2.47. The zero-order valence-electron chi connectivity index (χ0n) is 9.94. The van der Waals surface area contributed by atoms with Crippen molar-refractivity contribution in [1.29, 1.82) is 0 Å². The molecule has 1 heterocycles. The number of carbonyl (C=O) groups is 1. The maximum atomic E-state index is 11.9. The first-order chi connectivity index (χ1) is 8.27. The number of rotatable bonds is 6. The molecule has 0 aromatic carbocycles. The van der Waals surface area contributed by atoms with Crippen LogP contribution < -0.4 is 4.72 Å². The molecule has 18 heavy (non-hydrogen) atoms. The van der Waals surface area contributed by atoms with E-state index in [1.807, 2.05) is 13.8 Å². The van der Waals surface area contributed by atoms with Gasteiger partial charge in [-0.1, -0.05) is 20.3 Å². The van der Waals surface area contributed by atoms with Gasteiger partial charge < -0.3 is 9.52 Å². The SMILES string of the molecule is CCC(C)CNS(=O)(=O)c1cc(C(=O)O)oc1Br. The Morgan fingerprint density at radius 2 is 2.22 bits per heavy atom. The fourth-order valence-electron chi connectivity index (χ4n) is 1.11. The van der Waals surface area contributed by atoms with Crippen LogP contribution in [0.4, 0.5) is 0 Å². The maximum Gasteiger partial charge on any atom is 0.371 e. The van der Waals surface area contributed by atoms with Crippen LogP contribution in [0, 0.1) is 5.92 Å². The van der Waals surface area contributed by atoms with Crippen LogP contribution in [0.15, 0.2) is 20.0 Å². The number of nitrogens with one attached hydrogen (secondary N) is 1. The van der Waals surface area contributed by atoms with Crippen LogP contribution >= 0.6 is 15.9 Å². The summed E-state index contributed by atoms with van der Waals surface area (Å²) in [5, 5.41) is 8.71. The number of hydrogen-bond donors (Lipinski definition) is 2. The summed E-state index contributed by atoms with van der Waals surface area (Å²) >= 11 is 2.90.